The number of benzene rings is 1. The van der Waals surface area contributed by atoms with Crippen LogP contribution in [0.25, 0.3) is 5.52 Å². The first-order valence-corrected chi connectivity index (χ1v) is 8.34. The molecule has 6 nitrogen and oxygen atoms in total. The molecule has 0 saturated heterocycles. The summed E-state index contributed by atoms with van der Waals surface area (Å²) in [6.45, 7) is 3.87. The standard InChI is InChI=1S/C19H19FN4O2/c1-3-12(2)21-19(26)17-23-16(15-6-4-5-11-24(15)17)18(25)22-14-9-7-13(20)8-10-14/h4-12H,3H2,1-2H3,(H,21,26)(H,22,25). The lowest BCUT2D eigenvalue weighted by molar-refractivity contribution is 0.0928. The molecule has 3 rings (SSSR count). The number of hydrogen-bond acceptors (Lipinski definition) is 3. The molecule has 1 unspecified atom stereocenters. The van der Waals surface area contributed by atoms with Crippen LogP contribution in [0.2, 0.25) is 0 Å². The van der Waals surface area contributed by atoms with Gasteiger partial charge in [-0.15, -0.1) is 0 Å². The lowest BCUT2D eigenvalue weighted by Crippen LogP contribution is -2.33. The molecule has 26 heavy (non-hydrogen) atoms. The Balaban J connectivity index is 1.94. The van der Waals surface area contributed by atoms with Crippen molar-refractivity contribution in [1.82, 2.24) is 14.7 Å². The highest BCUT2D eigenvalue weighted by molar-refractivity contribution is 6.08. The summed E-state index contributed by atoms with van der Waals surface area (Å²) in [4.78, 5) is 29.4. The van der Waals surface area contributed by atoms with Crippen LogP contribution in [0.1, 0.15) is 41.4 Å². The van der Waals surface area contributed by atoms with E-state index in [1.807, 2.05) is 13.8 Å². The molecule has 7 heteroatoms. The van der Waals surface area contributed by atoms with Gasteiger partial charge in [-0.1, -0.05) is 13.0 Å². The molecule has 2 aromatic heterocycles. The van der Waals surface area contributed by atoms with Gasteiger partial charge in [-0.25, -0.2) is 9.37 Å². The maximum Gasteiger partial charge on any atom is 0.287 e. The van der Waals surface area contributed by atoms with Crippen LogP contribution in [-0.4, -0.2) is 27.2 Å². The maximum absolute atomic E-state index is 13.0. The zero-order chi connectivity index (χ0) is 18.7. The van der Waals surface area contributed by atoms with Gasteiger partial charge in [0, 0.05) is 17.9 Å². The van der Waals surface area contributed by atoms with E-state index < -0.39 is 5.91 Å². The summed E-state index contributed by atoms with van der Waals surface area (Å²) in [6, 6.07) is 10.7. The zero-order valence-corrected chi connectivity index (χ0v) is 14.5. The van der Waals surface area contributed by atoms with Gasteiger partial charge in [-0.05, 0) is 49.7 Å². The molecular formula is C19H19FN4O2. The second-order valence-corrected chi connectivity index (χ2v) is 5.98. The molecule has 0 fully saturated rings. The molecule has 0 aliphatic heterocycles. The number of aromatic nitrogens is 2. The van der Waals surface area contributed by atoms with Gasteiger partial charge in [-0.2, -0.15) is 0 Å². The van der Waals surface area contributed by atoms with Gasteiger partial charge in [0.25, 0.3) is 11.8 Å². The molecule has 0 aliphatic rings. The Labute approximate surface area is 150 Å². The van der Waals surface area contributed by atoms with Gasteiger partial charge in [0.2, 0.25) is 5.82 Å². The SMILES string of the molecule is CCC(C)NC(=O)c1nc(C(=O)Nc2ccc(F)cc2)c2ccccn12. The van der Waals surface area contributed by atoms with Crippen LogP contribution in [0, 0.1) is 5.82 Å². The summed E-state index contributed by atoms with van der Waals surface area (Å²) in [7, 11) is 0. The molecule has 0 spiro atoms. The van der Waals surface area contributed by atoms with Crippen LogP contribution >= 0.6 is 0 Å². The topological polar surface area (TPSA) is 75.5 Å². The van der Waals surface area contributed by atoms with E-state index in [0.29, 0.717) is 11.2 Å². The molecule has 134 valence electrons. The maximum atomic E-state index is 13.0. The lowest BCUT2D eigenvalue weighted by Gasteiger charge is -2.10. The zero-order valence-electron chi connectivity index (χ0n) is 14.5. The van der Waals surface area contributed by atoms with E-state index in [1.54, 1.807) is 28.8 Å². The van der Waals surface area contributed by atoms with Crippen molar-refractivity contribution in [2.45, 2.75) is 26.3 Å². The first-order chi connectivity index (χ1) is 12.5. The van der Waals surface area contributed by atoms with Crippen molar-refractivity contribution in [2.75, 3.05) is 5.32 Å². The van der Waals surface area contributed by atoms with Gasteiger partial charge in [0.15, 0.2) is 5.69 Å². The van der Waals surface area contributed by atoms with E-state index in [0.717, 1.165) is 6.42 Å². The van der Waals surface area contributed by atoms with E-state index in [2.05, 4.69) is 15.6 Å². The minimum absolute atomic E-state index is 0.00458. The average Bonchev–Trinajstić information content (AvgIpc) is 3.03. The van der Waals surface area contributed by atoms with Crippen molar-refractivity contribution in [3.05, 3.63) is 66.0 Å². The number of halogens is 1. The monoisotopic (exact) mass is 354 g/mol. The summed E-state index contributed by atoms with van der Waals surface area (Å²) in [5.74, 6) is -1.06. The number of imidazole rings is 1. The summed E-state index contributed by atoms with van der Waals surface area (Å²) >= 11 is 0. The summed E-state index contributed by atoms with van der Waals surface area (Å²) in [5.41, 5.74) is 1.09. The van der Waals surface area contributed by atoms with E-state index in [1.165, 1.54) is 24.3 Å². The smallest absolute Gasteiger partial charge is 0.287 e. The van der Waals surface area contributed by atoms with Crippen LogP contribution < -0.4 is 10.6 Å². The first-order valence-electron chi connectivity index (χ1n) is 8.34. The van der Waals surface area contributed by atoms with Crippen molar-refractivity contribution in [1.29, 1.82) is 0 Å². The third-order valence-corrected chi connectivity index (χ3v) is 4.06. The molecule has 0 aliphatic carbocycles. The number of carbonyl (C=O) groups is 2. The Morgan fingerprint density at radius 1 is 1.15 bits per heavy atom. The second kappa shape index (κ2) is 7.35. The van der Waals surface area contributed by atoms with Crippen LogP contribution in [0.15, 0.2) is 48.7 Å². The number of nitrogens with one attached hydrogen (secondary N) is 2. The normalized spacial score (nSPS) is 12.0. The predicted octanol–water partition coefficient (Wildman–Crippen LogP) is 3.25. The molecule has 3 aromatic rings. The lowest BCUT2D eigenvalue weighted by atomic mass is 10.2. The Morgan fingerprint density at radius 2 is 1.88 bits per heavy atom. The summed E-state index contributed by atoms with van der Waals surface area (Å²) < 4.78 is 14.6. The van der Waals surface area contributed by atoms with Crippen molar-refractivity contribution in [3.8, 4) is 0 Å². The molecular weight excluding hydrogens is 335 g/mol. The van der Waals surface area contributed by atoms with E-state index >= 15 is 0 Å². The number of anilines is 1. The van der Waals surface area contributed by atoms with Crippen molar-refractivity contribution >= 4 is 23.0 Å². The fourth-order valence-electron chi connectivity index (χ4n) is 2.48. The van der Waals surface area contributed by atoms with Crippen molar-refractivity contribution in [2.24, 2.45) is 0 Å². The third-order valence-electron chi connectivity index (χ3n) is 4.06. The quantitative estimate of drug-likeness (QED) is 0.738. The minimum atomic E-state index is -0.470. The predicted molar refractivity (Wildman–Crippen MR) is 96.8 cm³/mol. The Morgan fingerprint density at radius 3 is 2.58 bits per heavy atom. The highest BCUT2D eigenvalue weighted by Crippen LogP contribution is 2.16. The fraction of sp³-hybridized carbons (Fsp3) is 0.211. The second-order valence-electron chi connectivity index (χ2n) is 5.98. The number of pyridine rings is 1. The van der Waals surface area contributed by atoms with Gasteiger partial charge in [0.1, 0.15) is 5.82 Å². The minimum Gasteiger partial charge on any atom is -0.347 e. The number of fused-ring (bicyclic) bond motifs is 1. The van der Waals surface area contributed by atoms with Gasteiger partial charge >= 0.3 is 0 Å². The number of nitrogens with zero attached hydrogens (tertiary/aromatic N) is 2. The van der Waals surface area contributed by atoms with E-state index in [4.69, 9.17) is 0 Å². The number of rotatable bonds is 5. The Bertz CT molecular complexity index is 950. The van der Waals surface area contributed by atoms with E-state index in [-0.39, 0.29) is 29.3 Å². The van der Waals surface area contributed by atoms with Crippen LogP contribution in [0.4, 0.5) is 10.1 Å². The van der Waals surface area contributed by atoms with Crippen LogP contribution in [0.3, 0.4) is 0 Å². The Kier molecular flexibility index (Phi) is 4.97. The molecule has 1 aromatic carbocycles. The molecule has 0 radical (unpaired) electrons. The Hall–Kier alpha value is -3.22. The van der Waals surface area contributed by atoms with Gasteiger partial charge in [0.05, 0.1) is 5.52 Å². The largest absolute Gasteiger partial charge is 0.347 e. The van der Waals surface area contributed by atoms with E-state index in [9.17, 15) is 14.0 Å². The average molecular weight is 354 g/mol. The number of carbonyl (C=O) groups excluding carboxylic acids is 2. The fourth-order valence-corrected chi connectivity index (χ4v) is 2.48. The first kappa shape index (κ1) is 17.6. The molecule has 2 heterocycles. The molecule has 0 saturated carbocycles. The molecule has 1 atom stereocenters. The molecule has 0 bridgehead atoms. The summed E-state index contributed by atoms with van der Waals surface area (Å²) in [5, 5.41) is 5.52. The van der Waals surface area contributed by atoms with Crippen LogP contribution in [0.5, 0.6) is 0 Å². The third kappa shape index (κ3) is 3.56. The van der Waals surface area contributed by atoms with Crippen molar-refractivity contribution in [3.63, 3.8) is 0 Å². The summed E-state index contributed by atoms with van der Waals surface area (Å²) in [6.07, 6.45) is 2.47. The van der Waals surface area contributed by atoms with Crippen LogP contribution in [-0.2, 0) is 0 Å². The van der Waals surface area contributed by atoms with Crippen molar-refractivity contribution < 1.29 is 14.0 Å². The highest BCUT2D eigenvalue weighted by atomic mass is 19.1. The number of amides is 2. The van der Waals surface area contributed by atoms with Gasteiger partial charge in [-0.3, -0.25) is 14.0 Å². The molecule has 2 amide bonds. The highest BCUT2D eigenvalue weighted by Gasteiger charge is 2.22. The van der Waals surface area contributed by atoms with Gasteiger partial charge < -0.3 is 10.6 Å². The number of hydrogen-bond donors (Lipinski definition) is 2. The molecule has 2 N–H and O–H groups in total.